The minimum atomic E-state index is -0.415. The van der Waals surface area contributed by atoms with E-state index in [-0.39, 0.29) is 11.8 Å². The summed E-state index contributed by atoms with van der Waals surface area (Å²) in [5, 5.41) is 4.76. The summed E-state index contributed by atoms with van der Waals surface area (Å²) in [6.07, 6.45) is 4.27. The third-order valence-electron chi connectivity index (χ3n) is 5.67. The number of aromatic amines is 1. The van der Waals surface area contributed by atoms with Gasteiger partial charge in [-0.15, -0.1) is 0 Å². The molecule has 0 spiro atoms. The second-order valence-corrected chi connectivity index (χ2v) is 7.49. The van der Waals surface area contributed by atoms with E-state index in [9.17, 15) is 4.79 Å². The number of hydrogen-bond acceptors (Lipinski definition) is 5. The van der Waals surface area contributed by atoms with Crippen LogP contribution in [0.25, 0.3) is 16.6 Å². The molecular formula is C22H18N6O2. The van der Waals surface area contributed by atoms with Gasteiger partial charge in [0.15, 0.2) is 5.58 Å². The minimum Gasteiger partial charge on any atom is -0.432 e. The van der Waals surface area contributed by atoms with Crippen molar-refractivity contribution in [2.75, 3.05) is 6.54 Å². The molecule has 8 nitrogen and oxygen atoms in total. The lowest BCUT2D eigenvalue weighted by molar-refractivity contribution is 0.0648. The van der Waals surface area contributed by atoms with E-state index in [4.69, 9.17) is 9.52 Å². The van der Waals surface area contributed by atoms with Crippen molar-refractivity contribution in [3.05, 3.63) is 83.5 Å². The molecule has 30 heavy (non-hydrogen) atoms. The molecule has 4 aromatic heterocycles. The number of rotatable bonds is 2. The highest BCUT2D eigenvalue weighted by Crippen LogP contribution is 2.34. The van der Waals surface area contributed by atoms with E-state index >= 15 is 0 Å². The maximum absolute atomic E-state index is 13.5. The van der Waals surface area contributed by atoms with Crippen molar-refractivity contribution in [2.45, 2.75) is 19.4 Å². The maximum Gasteiger partial charge on any atom is 0.310 e. The predicted molar refractivity (Wildman–Crippen MR) is 109 cm³/mol. The maximum atomic E-state index is 13.5. The van der Waals surface area contributed by atoms with Crippen molar-refractivity contribution in [3.8, 4) is 0 Å². The largest absolute Gasteiger partial charge is 0.432 e. The van der Waals surface area contributed by atoms with Crippen molar-refractivity contribution in [3.63, 3.8) is 0 Å². The Bertz CT molecular complexity index is 1380. The van der Waals surface area contributed by atoms with Gasteiger partial charge in [0, 0.05) is 24.9 Å². The highest BCUT2D eigenvalue weighted by molar-refractivity contribution is 5.93. The van der Waals surface area contributed by atoms with E-state index in [0.717, 1.165) is 28.2 Å². The number of imidazole rings is 1. The zero-order chi connectivity index (χ0) is 20.2. The van der Waals surface area contributed by atoms with Crippen molar-refractivity contribution in [1.82, 2.24) is 29.5 Å². The standard InChI is InChI=1S/C22H18N6O2/c1-13-5-4-9-28-17(13)11-16(26-28)20-19-15(23-12-24-19)8-10-27(20)22(29)21-25-14-6-2-3-7-18(14)30-21/h2-7,9,11-12,20H,8,10H2,1H3,(H,23,24)/t20-/m0/s1. The molecule has 1 aromatic carbocycles. The van der Waals surface area contributed by atoms with Crippen molar-refractivity contribution in [2.24, 2.45) is 0 Å². The van der Waals surface area contributed by atoms with Crippen LogP contribution in [0.5, 0.6) is 0 Å². The summed E-state index contributed by atoms with van der Waals surface area (Å²) in [6.45, 7) is 2.56. The van der Waals surface area contributed by atoms with Gasteiger partial charge in [-0.3, -0.25) is 4.79 Å². The first-order valence-electron chi connectivity index (χ1n) is 9.82. The average Bonchev–Trinajstić information content (AvgIpc) is 3.49. The molecule has 148 valence electrons. The molecule has 8 heteroatoms. The molecule has 1 aliphatic rings. The van der Waals surface area contributed by atoms with Gasteiger partial charge in [0.05, 0.1) is 23.2 Å². The molecule has 0 unspecified atom stereocenters. The summed E-state index contributed by atoms with van der Waals surface area (Å²) in [5.74, 6) is -0.182. The second-order valence-electron chi connectivity index (χ2n) is 7.49. The number of nitrogens with one attached hydrogen (secondary N) is 1. The molecule has 1 aliphatic heterocycles. The third-order valence-corrected chi connectivity index (χ3v) is 5.67. The van der Waals surface area contributed by atoms with Crippen LogP contribution >= 0.6 is 0 Å². The molecule has 1 N–H and O–H groups in total. The van der Waals surface area contributed by atoms with Crippen molar-refractivity contribution < 1.29 is 9.21 Å². The summed E-state index contributed by atoms with van der Waals surface area (Å²) < 4.78 is 7.60. The minimum absolute atomic E-state index is 0.0835. The number of amides is 1. The van der Waals surface area contributed by atoms with Gasteiger partial charge in [-0.2, -0.15) is 5.10 Å². The summed E-state index contributed by atoms with van der Waals surface area (Å²) in [4.78, 5) is 27.4. The number of para-hydroxylation sites is 2. The van der Waals surface area contributed by atoms with E-state index in [1.54, 1.807) is 11.2 Å². The van der Waals surface area contributed by atoms with Crippen LogP contribution in [-0.4, -0.2) is 41.9 Å². The fourth-order valence-electron chi connectivity index (χ4n) is 4.19. The number of benzene rings is 1. The molecule has 1 atom stereocenters. The molecule has 0 bridgehead atoms. The summed E-state index contributed by atoms with van der Waals surface area (Å²) >= 11 is 0. The van der Waals surface area contributed by atoms with Crippen LogP contribution in [0.15, 0.2) is 59.4 Å². The molecular weight excluding hydrogens is 380 g/mol. The molecule has 0 fully saturated rings. The third kappa shape index (κ3) is 2.46. The van der Waals surface area contributed by atoms with Crippen LogP contribution in [0.2, 0.25) is 0 Å². The van der Waals surface area contributed by atoms with E-state index < -0.39 is 6.04 Å². The fraction of sp³-hybridized carbons (Fsp3) is 0.182. The lowest BCUT2D eigenvalue weighted by atomic mass is 9.99. The molecule has 1 amide bonds. The Morgan fingerprint density at radius 2 is 2.13 bits per heavy atom. The fourth-order valence-corrected chi connectivity index (χ4v) is 4.19. The smallest absolute Gasteiger partial charge is 0.310 e. The molecule has 6 rings (SSSR count). The van der Waals surface area contributed by atoms with Gasteiger partial charge in [-0.1, -0.05) is 18.2 Å². The van der Waals surface area contributed by atoms with Gasteiger partial charge in [0.1, 0.15) is 11.6 Å². The van der Waals surface area contributed by atoms with E-state index in [1.807, 2.05) is 60.1 Å². The van der Waals surface area contributed by atoms with Gasteiger partial charge >= 0.3 is 5.91 Å². The zero-order valence-corrected chi connectivity index (χ0v) is 16.2. The molecule has 0 aliphatic carbocycles. The van der Waals surface area contributed by atoms with E-state index in [2.05, 4.69) is 15.0 Å². The number of carbonyl (C=O) groups is 1. The first-order valence-corrected chi connectivity index (χ1v) is 9.82. The Hall–Kier alpha value is -3.94. The number of aryl methyl sites for hydroxylation is 1. The summed E-state index contributed by atoms with van der Waals surface area (Å²) in [7, 11) is 0. The van der Waals surface area contributed by atoms with Crippen LogP contribution in [0.3, 0.4) is 0 Å². The Morgan fingerprint density at radius 3 is 3.00 bits per heavy atom. The Morgan fingerprint density at radius 1 is 1.23 bits per heavy atom. The Kier molecular flexibility index (Phi) is 3.55. The van der Waals surface area contributed by atoms with Gasteiger partial charge in [0.2, 0.25) is 0 Å². The highest BCUT2D eigenvalue weighted by atomic mass is 16.4. The molecule has 0 saturated carbocycles. The summed E-state index contributed by atoms with van der Waals surface area (Å²) in [6, 6.07) is 13.0. The summed E-state index contributed by atoms with van der Waals surface area (Å²) in [5.41, 5.74) is 5.98. The molecule has 0 saturated heterocycles. The van der Waals surface area contributed by atoms with Crippen LogP contribution in [0.4, 0.5) is 0 Å². The number of oxazole rings is 1. The van der Waals surface area contributed by atoms with Crippen molar-refractivity contribution in [1.29, 1.82) is 0 Å². The number of nitrogens with zero attached hydrogens (tertiary/aromatic N) is 5. The van der Waals surface area contributed by atoms with E-state index in [0.29, 0.717) is 24.1 Å². The van der Waals surface area contributed by atoms with Gasteiger partial charge < -0.3 is 14.3 Å². The molecule has 5 aromatic rings. The van der Waals surface area contributed by atoms with Gasteiger partial charge in [-0.05, 0) is 36.8 Å². The quantitative estimate of drug-likeness (QED) is 0.493. The topological polar surface area (TPSA) is 92.3 Å². The number of carbonyl (C=O) groups excluding carboxylic acids is 1. The van der Waals surface area contributed by atoms with Crippen molar-refractivity contribution >= 4 is 22.5 Å². The Balaban J connectivity index is 1.48. The predicted octanol–water partition coefficient (Wildman–Crippen LogP) is 3.29. The molecule has 0 radical (unpaired) electrons. The normalized spacial score (nSPS) is 16.3. The van der Waals surface area contributed by atoms with E-state index in [1.165, 1.54) is 0 Å². The number of fused-ring (bicyclic) bond motifs is 3. The zero-order valence-electron chi connectivity index (χ0n) is 16.2. The number of H-pyrrole nitrogens is 1. The van der Waals surface area contributed by atoms with Gasteiger partial charge in [0.25, 0.3) is 5.89 Å². The van der Waals surface area contributed by atoms with Gasteiger partial charge in [-0.25, -0.2) is 14.5 Å². The number of aromatic nitrogens is 5. The Labute approximate surface area is 171 Å². The van der Waals surface area contributed by atoms with Crippen LogP contribution in [0, 0.1) is 6.92 Å². The average molecular weight is 398 g/mol. The van der Waals surface area contributed by atoms with Crippen LogP contribution in [0.1, 0.15) is 39.4 Å². The molecule has 5 heterocycles. The number of pyridine rings is 1. The highest BCUT2D eigenvalue weighted by Gasteiger charge is 2.38. The first-order chi connectivity index (χ1) is 14.7. The number of hydrogen-bond donors (Lipinski definition) is 1. The second kappa shape index (κ2) is 6.28. The van der Waals surface area contributed by atoms with Crippen LogP contribution < -0.4 is 0 Å². The lowest BCUT2D eigenvalue weighted by Crippen LogP contribution is -2.41. The lowest BCUT2D eigenvalue weighted by Gasteiger charge is -2.32. The SMILES string of the molecule is Cc1cccn2nc([C@H]3c4nc[nH]c4CCN3C(=O)c3nc4ccccc4o3)cc12. The monoisotopic (exact) mass is 398 g/mol. The first kappa shape index (κ1) is 17.0. The van der Waals surface area contributed by atoms with Crippen LogP contribution in [-0.2, 0) is 6.42 Å².